The van der Waals surface area contributed by atoms with Crippen molar-refractivity contribution in [1.82, 2.24) is 4.90 Å². The van der Waals surface area contributed by atoms with Crippen LogP contribution < -0.4 is 0 Å². The minimum absolute atomic E-state index is 0.0874. The largest absolute Gasteiger partial charge is 0.478 e. The molecule has 0 radical (unpaired) electrons. The lowest BCUT2D eigenvalue weighted by Crippen LogP contribution is -2.39. The van der Waals surface area contributed by atoms with Gasteiger partial charge in [0.15, 0.2) is 0 Å². The highest BCUT2D eigenvalue weighted by Crippen LogP contribution is 2.18. The number of hydrogen-bond donors (Lipinski definition) is 1. The zero-order chi connectivity index (χ0) is 14.7. The molecule has 0 aliphatic carbocycles. The van der Waals surface area contributed by atoms with Crippen LogP contribution in [0.5, 0.6) is 0 Å². The third-order valence-corrected chi connectivity index (χ3v) is 3.42. The molecule has 0 spiro atoms. The summed E-state index contributed by atoms with van der Waals surface area (Å²) in [6, 6.07) is 1.46. The predicted octanol–water partition coefficient (Wildman–Crippen LogP) is 1.81. The summed E-state index contributed by atoms with van der Waals surface area (Å²) in [6.45, 7) is 2.46. The SMILES string of the molecule is Cc1oc(CN(C)C(=O)C2CCCCO2)cc1C(=O)O. The fourth-order valence-electron chi connectivity index (χ4n) is 2.33. The van der Waals surface area contributed by atoms with Gasteiger partial charge in [-0.3, -0.25) is 4.79 Å². The van der Waals surface area contributed by atoms with Gasteiger partial charge in [0, 0.05) is 13.7 Å². The van der Waals surface area contributed by atoms with Crippen molar-refractivity contribution in [2.45, 2.75) is 38.8 Å². The number of furan rings is 1. The molecule has 110 valence electrons. The van der Waals surface area contributed by atoms with E-state index in [0.29, 0.717) is 18.1 Å². The first-order valence-corrected chi connectivity index (χ1v) is 6.68. The smallest absolute Gasteiger partial charge is 0.339 e. The molecule has 1 N–H and O–H groups in total. The Morgan fingerprint density at radius 1 is 1.45 bits per heavy atom. The Kier molecular flexibility index (Phi) is 4.44. The summed E-state index contributed by atoms with van der Waals surface area (Å²) in [5, 5.41) is 8.97. The highest BCUT2D eigenvalue weighted by molar-refractivity contribution is 5.88. The van der Waals surface area contributed by atoms with Crippen LogP contribution in [-0.2, 0) is 16.1 Å². The van der Waals surface area contributed by atoms with Crippen LogP contribution in [0.1, 0.15) is 41.1 Å². The van der Waals surface area contributed by atoms with Gasteiger partial charge in [-0.05, 0) is 32.3 Å². The Balaban J connectivity index is 1.99. The molecular weight excluding hydrogens is 262 g/mol. The molecule has 6 nitrogen and oxygen atoms in total. The quantitative estimate of drug-likeness (QED) is 0.910. The maximum Gasteiger partial charge on any atom is 0.339 e. The van der Waals surface area contributed by atoms with E-state index >= 15 is 0 Å². The Morgan fingerprint density at radius 2 is 2.20 bits per heavy atom. The van der Waals surface area contributed by atoms with E-state index in [-0.39, 0.29) is 24.1 Å². The van der Waals surface area contributed by atoms with Crippen molar-refractivity contribution in [1.29, 1.82) is 0 Å². The zero-order valence-electron chi connectivity index (χ0n) is 11.7. The number of rotatable bonds is 4. The van der Waals surface area contributed by atoms with Gasteiger partial charge in [0.25, 0.3) is 5.91 Å². The van der Waals surface area contributed by atoms with Crippen LogP contribution in [0.15, 0.2) is 10.5 Å². The molecule has 2 rings (SSSR count). The fraction of sp³-hybridized carbons (Fsp3) is 0.571. The van der Waals surface area contributed by atoms with Crippen molar-refractivity contribution in [2.75, 3.05) is 13.7 Å². The number of carboxylic acid groups (broad SMARTS) is 1. The average molecular weight is 281 g/mol. The van der Waals surface area contributed by atoms with E-state index in [9.17, 15) is 9.59 Å². The number of ether oxygens (including phenoxy) is 1. The second-order valence-electron chi connectivity index (χ2n) is 5.04. The first-order chi connectivity index (χ1) is 9.49. The fourth-order valence-corrected chi connectivity index (χ4v) is 2.33. The number of likely N-dealkylation sites (N-methyl/N-ethyl adjacent to an activating group) is 1. The van der Waals surface area contributed by atoms with Gasteiger partial charge >= 0.3 is 5.97 Å². The van der Waals surface area contributed by atoms with Crippen molar-refractivity contribution in [3.8, 4) is 0 Å². The molecule has 0 bridgehead atoms. The molecular formula is C14H19NO5. The molecule has 1 atom stereocenters. The standard InChI is InChI=1S/C14H19NO5/c1-9-11(14(17)18)7-10(20-9)8-15(2)13(16)12-5-3-4-6-19-12/h7,12H,3-6,8H2,1-2H3,(H,17,18). The molecule has 1 fully saturated rings. The second-order valence-corrected chi connectivity index (χ2v) is 5.04. The van der Waals surface area contributed by atoms with Gasteiger partial charge in [-0.25, -0.2) is 4.79 Å². The van der Waals surface area contributed by atoms with Crippen molar-refractivity contribution in [2.24, 2.45) is 0 Å². The Bertz CT molecular complexity index is 502. The van der Waals surface area contributed by atoms with E-state index in [1.807, 2.05) is 0 Å². The number of amides is 1. The minimum atomic E-state index is -1.03. The third-order valence-electron chi connectivity index (χ3n) is 3.42. The first kappa shape index (κ1) is 14.6. The number of hydrogen-bond acceptors (Lipinski definition) is 4. The van der Waals surface area contributed by atoms with Crippen molar-refractivity contribution in [3.05, 3.63) is 23.2 Å². The molecule has 1 unspecified atom stereocenters. The monoisotopic (exact) mass is 281 g/mol. The summed E-state index contributed by atoms with van der Waals surface area (Å²) in [7, 11) is 1.67. The Labute approximate surface area is 117 Å². The molecule has 1 aliphatic rings. The van der Waals surface area contributed by atoms with E-state index in [1.165, 1.54) is 11.0 Å². The number of carboxylic acids is 1. The van der Waals surface area contributed by atoms with Crippen LogP contribution in [0.2, 0.25) is 0 Å². The van der Waals surface area contributed by atoms with Crippen molar-refractivity contribution < 1.29 is 23.8 Å². The second kappa shape index (κ2) is 6.09. The third kappa shape index (κ3) is 3.19. The normalized spacial score (nSPS) is 18.8. The lowest BCUT2D eigenvalue weighted by Gasteiger charge is -2.26. The maximum atomic E-state index is 12.2. The lowest BCUT2D eigenvalue weighted by atomic mass is 10.1. The number of aryl methyl sites for hydroxylation is 1. The number of carbonyl (C=O) groups is 2. The van der Waals surface area contributed by atoms with Gasteiger partial charge in [0.2, 0.25) is 0 Å². The van der Waals surface area contributed by atoms with E-state index in [2.05, 4.69) is 0 Å². The summed E-state index contributed by atoms with van der Waals surface area (Å²) in [6.07, 6.45) is 2.34. The highest BCUT2D eigenvalue weighted by atomic mass is 16.5. The number of carbonyl (C=O) groups excluding carboxylic acids is 1. The molecule has 6 heteroatoms. The highest BCUT2D eigenvalue weighted by Gasteiger charge is 2.26. The van der Waals surface area contributed by atoms with Crippen LogP contribution in [0.3, 0.4) is 0 Å². The summed E-state index contributed by atoms with van der Waals surface area (Å²) < 4.78 is 10.8. The topological polar surface area (TPSA) is 80.0 Å². The van der Waals surface area contributed by atoms with Gasteiger partial charge < -0.3 is 19.2 Å². The van der Waals surface area contributed by atoms with Gasteiger partial charge in [-0.15, -0.1) is 0 Å². The van der Waals surface area contributed by atoms with Gasteiger partial charge in [-0.2, -0.15) is 0 Å². The summed E-state index contributed by atoms with van der Waals surface area (Å²) in [4.78, 5) is 24.6. The van der Waals surface area contributed by atoms with E-state index in [0.717, 1.165) is 19.3 Å². The van der Waals surface area contributed by atoms with Crippen LogP contribution in [0.4, 0.5) is 0 Å². The summed E-state index contributed by atoms with van der Waals surface area (Å²) in [5.41, 5.74) is 0.134. The molecule has 20 heavy (non-hydrogen) atoms. The molecule has 0 aromatic carbocycles. The van der Waals surface area contributed by atoms with Gasteiger partial charge in [0.05, 0.1) is 6.54 Å². The summed E-state index contributed by atoms with van der Waals surface area (Å²) in [5.74, 6) is -0.299. The van der Waals surface area contributed by atoms with E-state index < -0.39 is 5.97 Å². The van der Waals surface area contributed by atoms with Gasteiger partial charge in [0.1, 0.15) is 23.2 Å². The number of nitrogens with zero attached hydrogens (tertiary/aromatic N) is 1. The molecule has 1 aromatic heterocycles. The van der Waals surface area contributed by atoms with Crippen LogP contribution in [0, 0.1) is 6.92 Å². The predicted molar refractivity (Wildman–Crippen MR) is 70.5 cm³/mol. The Hall–Kier alpha value is -1.82. The van der Waals surface area contributed by atoms with E-state index in [4.69, 9.17) is 14.3 Å². The molecule has 1 aromatic rings. The lowest BCUT2D eigenvalue weighted by molar-refractivity contribution is -0.145. The van der Waals surface area contributed by atoms with Crippen molar-refractivity contribution in [3.63, 3.8) is 0 Å². The van der Waals surface area contributed by atoms with Crippen LogP contribution in [-0.4, -0.2) is 41.6 Å². The molecule has 1 saturated heterocycles. The molecule has 2 heterocycles. The zero-order valence-corrected chi connectivity index (χ0v) is 11.7. The van der Waals surface area contributed by atoms with Crippen LogP contribution in [0.25, 0.3) is 0 Å². The van der Waals surface area contributed by atoms with Gasteiger partial charge in [-0.1, -0.05) is 0 Å². The maximum absolute atomic E-state index is 12.2. The average Bonchev–Trinajstić information content (AvgIpc) is 2.79. The molecule has 1 amide bonds. The van der Waals surface area contributed by atoms with E-state index in [1.54, 1.807) is 14.0 Å². The van der Waals surface area contributed by atoms with Crippen LogP contribution >= 0.6 is 0 Å². The number of aromatic carboxylic acids is 1. The first-order valence-electron chi connectivity index (χ1n) is 6.68. The molecule has 1 aliphatic heterocycles. The Morgan fingerprint density at radius 3 is 2.75 bits per heavy atom. The summed E-state index contributed by atoms with van der Waals surface area (Å²) >= 11 is 0. The molecule has 0 saturated carbocycles. The minimum Gasteiger partial charge on any atom is -0.478 e. The van der Waals surface area contributed by atoms with Crippen molar-refractivity contribution >= 4 is 11.9 Å².